The second-order valence-corrected chi connectivity index (χ2v) is 5.01. The summed E-state index contributed by atoms with van der Waals surface area (Å²) in [5.41, 5.74) is 7.97. The van der Waals surface area contributed by atoms with Gasteiger partial charge in [-0.1, -0.05) is 6.07 Å². The number of aliphatic hydroxyl groups excluding tert-OH is 1. The van der Waals surface area contributed by atoms with Gasteiger partial charge in [0.2, 0.25) is 0 Å². The van der Waals surface area contributed by atoms with Crippen molar-refractivity contribution in [2.75, 3.05) is 39.3 Å². The highest BCUT2D eigenvalue weighted by Crippen LogP contribution is 2.11. The molecule has 0 radical (unpaired) electrons. The Balaban J connectivity index is 1.92. The molecule has 0 atom stereocenters. The second kappa shape index (κ2) is 7.55. The molecule has 0 saturated carbocycles. The van der Waals surface area contributed by atoms with Crippen molar-refractivity contribution in [1.82, 2.24) is 14.8 Å². The molecule has 5 heteroatoms. The fourth-order valence-electron chi connectivity index (χ4n) is 2.59. The molecule has 0 bridgehead atoms. The van der Waals surface area contributed by atoms with E-state index in [1.807, 2.05) is 6.07 Å². The van der Waals surface area contributed by atoms with Crippen LogP contribution in [0.1, 0.15) is 17.7 Å². The predicted octanol–water partition coefficient (Wildman–Crippen LogP) is 0.0403. The summed E-state index contributed by atoms with van der Waals surface area (Å²) >= 11 is 0. The van der Waals surface area contributed by atoms with Crippen molar-refractivity contribution in [1.29, 1.82) is 0 Å². The zero-order chi connectivity index (χ0) is 13.5. The second-order valence-electron chi connectivity index (χ2n) is 5.01. The van der Waals surface area contributed by atoms with Gasteiger partial charge in [-0.05, 0) is 31.1 Å². The first-order valence-corrected chi connectivity index (χ1v) is 7.02. The summed E-state index contributed by atoms with van der Waals surface area (Å²) < 4.78 is 0. The van der Waals surface area contributed by atoms with Crippen LogP contribution in [0.25, 0.3) is 0 Å². The minimum Gasteiger partial charge on any atom is -0.395 e. The Bertz CT molecular complexity index is 385. The van der Waals surface area contributed by atoms with Gasteiger partial charge < -0.3 is 10.8 Å². The molecular formula is C14H24N4O. The zero-order valence-corrected chi connectivity index (χ0v) is 11.5. The molecule has 0 amide bonds. The molecule has 2 rings (SSSR count). The van der Waals surface area contributed by atoms with Crippen molar-refractivity contribution < 1.29 is 5.11 Å². The van der Waals surface area contributed by atoms with Crippen molar-refractivity contribution >= 4 is 0 Å². The minimum absolute atomic E-state index is 0.250. The van der Waals surface area contributed by atoms with E-state index in [1.165, 1.54) is 5.56 Å². The van der Waals surface area contributed by atoms with Crippen molar-refractivity contribution in [2.24, 2.45) is 5.73 Å². The zero-order valence-electron chi connectivity index (χ0n) is 11.5. The number of aliphatic hydroxyl groups is 1. The normalized spacial score (nSPS) is 18.4. The highest BCUT2D eigenvalue weighted by atomic mass is 16.3. The maximum absolute atomic E-state index is 9.00. The summed E-state index contributed by atoms with van der Waals surface area (Å²) in [4.78, 5) is 9.11. The van der Waals surface area contributed by atoms with Gasteiger partial charge in [-0.15, -0.1) is 0 Å². The van der Waals surface area contributed by atoms with E-state index >= 15 is 0 Å². The van der Waals surface area contributed by atoms with Crippen LogP contribution >= 0.6 is 0 Å². The molecule has 0 spiro atoms. The van der Waals surface area contributed by atoms with Gasteiger partial charge in [0.1, 0.15) is 0 Å². The molecule has 1 aromatic rings. The third-order valence-electron chi connectivity index (χ3n) is 3.67. The highest BCUT2D eigenvalue weighted by molar-refractivity contribution is 5.19. The summed E-state index contributed by atoms with van der Waals surface area (Å²) in [5, 5.41) is 9.00. The number of β-amino-alcohol motifs (C(OH)–C–C–N with tert-alkyl or cyclic N) is 1. The summed E-state index contributed by atoms with van der Waals surface area (Å²) in [6, 6.07) is 4.09. The van der Waals surface area contributed by atoms with Crippen LogP contribution < -0.4 is 5.73 Å². The Morgan fingerprint density at radius 3 is 2.79 bits per heavy atom. The summed E-state index contributed by atoms with van der Waals surface area (Å²) in [6.07, 6.45) is 2.95. The van der Waals surface area contributed by atoms with Crippen LogP contribution in [0.5, 0.6) is 0 Å². The summed E-state index contributed by atoms with van der Waals surface area (Å²) in [6.45, 7) is 6.70. The average molecular weight is 264 g/mol. The molecule has 0 aliphatic carbocycles. The Labute approximate surface area is 115 Å². The van der Waals surface area contributed by atoms with Crippen LogP contribution in [0.15, 0.2) is 18.3 Å². The smallest absolute Gasteiger partial charge is 0.0584 e. The van der Waals surface area contributed by atoms with Crippen molar-refractivity contribution in [2.45, 2.75) is 19.5 Å². The molecule has 1 aliphatic rings. The lowest BCUT2D eigenvalue weighted by molar-refractivity contribution is 0.196. The first-order valence-electron chi connectivity index (χ1n) is 7.02. The number of hydrogen-bond acceptors (Lipinski definition) is 5. The summed E-state index contributed by atoms with van der Waals surface area (Å²) in [5.74, 6) is 0. The van der Waals surface area contributed by atoms with Gasteiger partial charge in [0.15, 0.2) is 0 Å². The minimum atomic E-state index is 0.250. The van der Waals surface area contributed by atoms with Gasteiger partial charge in [0.25, 0.3) is 0 Å². The molecule has 19 heavy (non-hydrogen) atoms. The van der Waals surface area contributed by atoms with Gasteiger partial charge in [-0.25, -0.2) is 0 Å². The number of aromatic nitrogens is 1. The molecule has 0 aromatic carbocycles. The third kappa shape index (κ3) is 4.24. The number of nitrogens with zero attached hydrogens (tertiary/aromatic N) is 3. The van der Waals surface area contributed by atoms with Gasteiger partial charge >= 0.3 is 0 Å². The number of pyridine rings is 1. The van der Waals surface area contributed by atoms with Crippen molar-refractivity contribution in [3.63, 3.8) is 0 Å². The van der Waals surface area contributed by atoms with Crippen LogP contribution in [0, 0.1) is 0 Å². The van der Waals surface area contributed by atoms with Crippen LogP contribution in [0.2, 0.25) is 0 Å². The van der Waals surface area contributed by atoms with Crippen LogP contribution in [-0.4, -0.2) is 59.2 Å². The Hall–Kier alpha value is -1.01. The van der Waals surface area contributed by atoms with Gasteiger partial charge in [0.05, 0.1) is 12.3 Å². The molecule has 106 valence electrons. The van der Waals surface area contributed by atoms with Crippen LogP contribution in [0.3, 0.4) is 0 Å². The van der Waals surface area contributed by atoms with E-state index in [2.05, 4.69) is 20.9 Å². The van der Waals surface area contributed by atoms with Gasteiger partial charge in [-0.3, -0.25) is 14.8 Å². The Morgan fingerprint density at radius 2 is 2.00 bits per heavy atom. The maximum Gasteiger partial charge on any atom is 0.0584 e. The largest absolute Gasteiger partial charge is 0.395 e. The SMILES string of the molecule is NCc1ncccc1CN1CCCN(CCO)CC1. The molecular weight excluding hydrogens is 240 g/mol. The fourth-order valence-corrected chi connectivity index (χ4v) is 2.59. The van der Waals surface area contributed by atoms with E-state index in [0.717, 1.165) is 51.4 Å². The molecule has 1 aromatic heterocycles. The number of nitrogens with two attached hydrogens (primary N) is 1. The van der Waals surface area contributed by atoms with Crippen molar-refractivity contribution in [3.05, 3.63) is 29.6 Å². The van der Waals surface area contributed by atoms with E-state index in [-0.39, 0.29) is 6.61 Å². The quantitative estimate of drug-likeness (QED) is 0.786. The molecule has 0 unspecified atom stereocenters. The monoisotopic (exact) mass is 264 g/mol. The standard InChI is InChI=1S/C14H24N4O/c15-11-14-13(3-1-4-16-14)12-18-6-2-5-17(7-8-18)9-10-19/h1,3-4,19H,2,5-12,15H2. The van der Waals surface area contributed by atoms with Gasteiger partial charge in [-0.2, -0.15) is 0 Å². The topological polar surface area (TPSA) is 65.6 Å². The molecule has 1 fully saturated rings. The lowest BCUT2D eigenvalue weighted by atomic mass is 10.1. The first-order chi connectivity index (χ1) is 9.33. The molecule has 2 heterocycles. The van der Waals surface area contributed by atoms with Crippen LogP contribution in [0.4, 0.5) is 0 Å². The van der Waals surface area contributed by atoms with E-state index in [0.29, 0.717) is 6.54 Å². The average Bonchev–Trinajstić information content (AvgIpc) is 2.66. The number of rotatable bonds is 5. The van der Waals surface area contributed by atoms with Crippen molar-refractivity contribution in [3.8, 4) is 0 Å². The first kappa shape index (κ1) is 14.4. The number of hydrogen-bond donors (Lipinski definition) is 2. The van der Waals surface area contributed by atoms with E-state index in [9.17, 15) is 0 Å². The fraction of sp³-hybridized carbons (Fsp3) is 0.643. The molecule has 1 aliphatic heterocycles. The van der Waals surface area contributed by atoms with Crippen LogP contribution in [-0.2, 0) is 13.1 Å². The predicted molar refractivity (Wildman–Crippen MR) is 75.5 cm³/mol. The Kier molecular flexibility index (Phi) is 5.72. The summed E-state index contributed by atoms with van der Waals surface area (Å²) in [7, 11) is 0. The van der Waals surface area contributed by atoms with E-state index < -0.39 is 0 Å². The highest BCUT2D eigenvalue weighted by Gasteiger charge is 2.15. The van der Waals surface area contributed by atoms with E-state index in [4.69, 9.17) is 10.8 Å². The molecule has 1 saturated heterocycles. The van der Waals surface area contributed by atoms with E-state index in [1.54, 1.807) is 6.20 Å². The lowest BCUT2D eigenvalue weighted by Gasteiger charge is -2.22. The molecule has 5 nitrogen and oxygen atoms in total. The Morgan fingerprint density at radius 1 is 1.21 bits per heavy atom. The lowest BCUT2D eigenvalue weighted by Crippen LogP contribution is -2.32. The third-order valence-corrected chi connectivity index (χ3v) is 3.67. The van der Waals surface area contributed by atoms with Gasteiger partial charge in [0, 0.05) is 38.9 Å². The maximum atomic E-state index is 9.00. The molecule has 3 N–H and O–H groups in total.